The zero-order chi connectivity index (χ0) is 25.8. The lowest BCUT2D eigenvalue weighted by Gasteiger charge is -2.19. The lowest BCUT2D eigenvalue weighted by atomic mass is 9.94. The van der Waals surface area contributed by atoms with Gasteiger partial charge in [-0.2, -0.15) is 0 Å². The highest BCUT2D eigenvalue weighted by Crippen LogP contribution is 2.39. The number of Topliss-reactive ketones (excluding diaryl/α,β-unsaturated/α-hetero) is 1. The molecule has 1 aliphatic carbocycles. The predicted molar refractivity (Wildman–Crippen MR) is 133 cm³/mol. The summed E-state index contributed by atoms with van der Waals surface area (Å²) in [6.45, 7) is 2.18. The van der Waals surface area contributed by atoms with E-state index >= 15 is 0 Å². The van der Waals surface area contributed by atoms with Crippen molar-refractivity contribution in [3.8, 4) is 11.5 Å². The maximum atomic E-state index is 13.3. The monoisotopic (exact) mass is 493 g/mol. The van der Waals surface area contributed by atoms with Crippen LogP contribution in [0.15, 0.2) is 30.3 Å². The van der Waals surface area contributed by atoms with Crippen molar-refractivity contribution in [1.82, 2.24) is 10.2 Å². The van der Waals surface area contributed by atoms with Crippen LogP contribution in [0.4, 0.5) is 0 Å². The first-order valence-electron chi connectivity index (χ1n) is 12.2. The first-order valence-corrected chi connectivity index (χ1v) is 12.2. The van der Waals surface area contributed by atoms with Gasteiger partial charge in [-0.25, -0.2) is 4.79 Å². The Morgan fingerprint density at radius 1 is 1.11 bits per heavy atom. The minimum absolute atomic E-state index is 0.00618. The van der Waals surface area contributed by atoms with Crippen molar-refractivity contribution >= 4 is 23.5 Å². The molecule has 0 spiro atoms. The molecular formula is C27H31N3O6. The molecule has 9 heteroatoms. The Hall–Kier alpha value is -3.88. The van der Waals surface area contributed by atoms with Crippen molar-refractivity contribution in [2.45, 2.75) is 45.1 Å². The zero-order valence-electron chi connectivity index (χ0n) is 20.6. The molecule has 0 saturated heterocycles. The molecule has 1 amide bonds. The summed E-state index contributed by atoms with van der Waals surface area (Å²) >= 11 is 0. The van der Waals surface area contributed by atoms with E-state index < -0.39 is 12.6 Å². The van der Waals surface area contributed by atoms with E-state index in [1.165, 1.54) is 0 Å². The van der Waals surface area contributed by atoms with E-state index in [4.69, 9.17) is 20.0 Å². The average Bonchev–Trinajstić information content (AvgIpc) is 3.50. The Morgan fingerprint density at radius 2 is 1.86 bits per heavy atom. The Morgan fingerprint density at radius 3 is 2.53 bits per heavy atom. The molecule has 1 aliphatic heterocycles. The van der Waals surface area contributed by atoms with Crippen LogP contribution in [0.3, 0.4) is 0 Å². The van der Waals surface area contributed by atoms with E-state index in [1.807, 2.05) is 13.0 Å². The highest BCUT2D eigenvalue weighted by atomic mass is 16.5. The first kappa shape index (κ1) is 25.2. The second-order valence-electron chi connectivity index (χ2n) is 9.06. The van der Waals surface area contributed by atoms with Gasteiger partial charge in [-0.3, -0.25) is 15.0 Å². The van der Waals surface area contributed by atoms with Crippen molar-refractivity contribution < 1.29 is 29.0 Å². The molecule has 0 aromatic heterocycles. The lowest BCUT2D eigenvalue weighted by Crippen LogP contribution is -2.30. The van der Waals surface area contributed by atoms with Crippen LogP contribution in [0.5, 0.6) is 11.5 Å². The fourth-order valence-corrected chi connectivity index (χ4v) is 4.96. The number of ketones is 1. The maximum absolute atomic E-state index is 13.3. The molecule has 3 N–H and O–H groups in total. The number of hydrogen-bond acceptors (Lipinski definition) is 6. The topological polar surface area (TPSA) is 129 Å². The molecular weight excluding hydrogens is 462 g/mol. The fraction of sp³-hybridized carbons (Fsp3) is 0.407. The molecule has 36 heavy (non-hydrogen) atoms. The predicted octanol–water partition coefficient (Wildman–Crippen LogP) is 3.59. The minimum atomic E-state index is -1.05. The van der Waals surface area contributed by atoms with Crippen LogP contribution in [0.2, 0.25) is 0 Å². The molecule has 190 valence electrons. The standard InChI is InChI=1S/C27H31N3O6/c1-3-35-24-11-18-13-30(26(28)20(18)12-21(24)27(34)29-2)14-22(31)17-8-9-23(36-15-25(32)33)19(10-17)16-6-4-5-7-16/h8-12,16,28H,3-7,13-15H2,1-2H3,(H,29,34)(H,32,33). The number of aliphatic carboxylic acids is 1. The number of nitrogens with one attached hydrogen (secondary N) is 2. The number of ether oxygens (including phenoxy) is 2. The van der Waals surface area contributed by atoms with Crippen LogP contribution in [0.1, 0.15) is 75.9 Å². The Balaban J connectivity index is 1.55. The molecule has 2 aliphatic rings. The SMILES string of the molecule is CCOc1cc2c(cc1C(=O)NC)C(=N)N(CC(=O)c1ccc(OCC(=O)O)c(C3CCCC3)c1)C2. The summed E-state index contributed by atoms with van der Waals surface area (Å²) in [7, 11) is 1.54. The van der Waals surface area contributed by atoms with Gasteiger partial charge in [0.05, 0.1) is 18.7 Å². The van der Waals surface area contributed by atoms with Crippen LogP contribution < -0.4 is 14.8 Å². The average molecular weight is 494 g/mol. The number of amidine groups is 1. The van der Waals surface area contributed by atoms with Gasteiger partial charge in [0.25, 0.3) is 5.91 Å². The number of carbonyl (C=O) groups excluding carboxylic acids is 2. The van der Waals surface area contributed by atoms with Crippen molar-refractivity contribution in [1.29, 1.82) is 5.41 Å². The molecule has 1 saturated carbocycles. The van der Waals surface area contributed by atoms with Gasteiger partial charge in [-0.1, -0.05) is 12.8 Å². The third-order valence-electron chi connectivity index (χ3n) is 6.72. The molecule has 0 unspecified atom stereocenters. The van der Waals surface area contributed by atoms with Crippen LogP contribution in [-0.4, -0.2) is 60.3 Å². The third kappa shape index (κ3) is 5.19. The van der Waals surface area contributed by atoms with Gasteiger partial charge >= 0.3 is 5.97 Å². The Labute approximate surface area is 209 Å². The summed E-state index contributed by atoms with van der Waals surface area (Å²) in [4.78, 5) is 38.3. The summed E-state index contributed by atoms with van der Waals surface area (Å²) < 4.78 is 11.2. The number of carbonyl (C=O) groups is 3. The normalized spacial score (nSPS) is 15.1. The van der Waals surface area contributed by atoms with E-state index in [-0.39, 0.29) is 30.0 Å². The van der Waals surface area contributed by atoms with Crippen LogP contribution in [0, 0.1) is 5.41 Å². The van der Waals surface area contributed by atoms with E-state index in [0.717, 1.165) is 36.8 Å². The van der Waals surface area contributed by atoms with Crippen molar-refractivity contribution in [2.24, 2.45) is 0 Å². The summed E-state index contributed by atoms with van der Waals surface area (Å²) in [5, 5.41) is 20.2. The molecule has 0 radical (unpaired) electrons. The molecule has 2 aromatic carbocycles. The van der Waals surface area contributed by atoms with Gasteiger partial charge in [0, 0.05) is 24.7 Å². The van der Waals surface area contributed by atoms with Gasteiger partial charge in [0.15, 0.2) is 12.4 Å². The van der Waals surface area contributed by atoms with Crippen LogP contribution >= 0.6 is 0 Å². The van der Waals surface area contributed by atoms with Gasteiger partial charge in [0.1, 0.15) is 17.3 Å². The van der Waals surface area contributed by atoms with Crippen molar-refractivity contribution in [3.05, 3.63) is 58.1 Å². The summed E-state index contributed by atoms with van der Waals surface area (Å²) in [6, 6.07) is 8.58. The molecule has 1 heterocycles. The third-order valence-corrected chi connectivity index (χ3v) is 6.72. The molecule has 1 fully saturated rings. The lowest BCUT2D eigenvalue weighted by molar-refractivity contribution is -0.139. The summed E-state index contributed by atoms with van der Waals surface area (Å²) in [5.74, 6) is -0.116. The van der Waals surface area contributed by atoms with Crippen LogP contribution in [0.25, 0.3) is 0 Å². The van der Waals surface area contributed by atoms with Crippen molar-refractivity contribution in [2.75, 3.05) is 26.8 Å². The van der Waals surface area contributed by atoms with E-state index in [0.29, 0.717) is 41.3 Å². The van der Waals surface area contributed by atoms with Crippen LogP contribution in [-0.2, 0) is 11.3 Å². The van der Waals surface area contributed by atoms with Crippen molar-refractivity contribution in [3.63, 3.8) is 0 Å². The number of nitrogens with zero attached hydrogens (tertiary/aromatic N) is 1. The number of fused-ring (bicyclic) bond motifs is 1. The highest BCUT2D eigenvalue weighted by Gasteiger charge is 2.30. The first-order chi connectivity index (χ1) is 17.3. The zero-order valence-corrected chi connectivity index (χ0v) is 20.6. The van der Waals surface area contributed by atoms with E-state index in [1.54, 1.807) is 36.2 Å². The van der Waals surface area contributed by atoms with Gasteiger partial charge in [-0.15, -0.1) is 0 Å². The summed E-state index contributed by atoms with van der Waals surface area (Å²) in [5.41, 5.74) is 3.16. The van der Waals surface area contributed by atoms with Gasteiger partial charge in [0.2, 0.25) is 0 Å². The van der Waals surface area contributed by atoms with E-state index in [2.05, 4.69) is 5.32 Å². The largest absolute Gasteiger partial charge is 0.493 e. The Kier molecular flexibility index (Phi) is 7.57. The Bertz CT molecular complexity index is 1200. The molecule has 0 atom stereocenters. The van der Waals surface area contributed by atoms with E-state index in [9.17, 15) is 14.4 Å². The number of rotatable bonds is 10. The smallest absolute Gasteiger partial charge is 0.341 e. The number of amides is 1. The number of carboxylic acids is 1. The fourth-order valence-electron chi connectivity index (χ4n) is 4.96. The molecule has 0 bridgehead atoms. The molecule has 4 rings (SSSR count). The second-order valence-corrected chi connectivity index (χ2v) is 9.06. The molecule has 2 aromatic rings. The highest BCUT2D eigenvalue weighted by molar-refractivity contribution is 6.07. The van der Waals surface area contributed by atoms with Gasteiger partial charge in [-0.05, 0) is 67.1 Å². The van der Waals surface area contributed by atoms with Gasteiger partial charge < -0.3 is 24.8 Å². The number of carboxylic acid groups (broad SMARTS) is 1. The number of benzene rings is 2. The molecule has 9 nitrogen and oxygen atoms in total. The quantitative estimate of drug-likeness (QED) is 0.431. The second kappa shape index (κ2) is 10.8. The summed E-state index contributed by atoms with van der Waals surface area (Å²) in [6.07, 6.45) is 4.13. The maximum Gasteiger partial charge on any atom is 0.341 e. The minimum Gasteiger partial charge on any atom is -0.493 e. The number of hydrogen-bond donors (Lipinski definition) is 3.